The zero-order valence-corrected chi connectivity index (χ0v) is 8.48. The molecule has 0 radical (unpaired) electrons. The normalized spacial score (nSPS) is 27.9. The molecule has 0 aliphatic heterocycles. The Balaban J connectivity index is 2.24. The lowest BCUT2D eigenvalue weighted by Crippen LogP contribution is -2.20. The highest BCUT2D eigenvalue weighted by Crippen LogP contribution is 2.42. The first-order chi connectivity index (χ1) is 6.72. The van der Waals surface area contributed by atoms with Gasteiger partial charge in [-0.25, -0.2) is 0 Å². The summed E-state index contributed by atoms with van der Waals surface area (Å²) in [5.41, 5.74) is 0.947. The van der Waals surface area contributed by atoms with Crippen molar-refractivity contribution in [3.8, 4) is 0 Å². The van der Waals surface area contributed by atoms with E-state index in [1.54, 1.807) is 0 Å². The lowest BCUT2D eigenvalue weighted by atomic mass is 9.80. The van der Waals surface area contributed by atoms with Crippen molar-refractivity contribution >= 4 is 0 Å². The maximum Gasteiger partial charge on any atom is 0.0878 e. The molecular formula is C13H16O. The quantitative estimate of drug-likeness (QED) is 0.707. The Morgan fingerprint density at radius 1 is 1.29 bits per heavy atom. The fourth-order valence-corrected chi connectivity index (χ4v) is 2.07. The summed E-state index contributed by atoms with van der Waals surface area (Å²) < 4.78 is 0. The van der Waals surface area contributed by atoms with Crippen LogP contribution in [0.4, 0.5) is 0 Å². The van der Waals surface area contributed by atoms with Gasteiger partial charge in [-0.3, -0.25) is 0 Å². The predicted octanol–water partition coefficient (Wildman–Crippen LogP) is 3.08. The van der Waals surface area contributed by atoms with Gasteiger partial charge in [0.25, 0.3) is 0 Å². The van der Waals surface area contributed by atoms with Crippen LogP contribution in [0, 0.1) is 5.41 Å². The summed E-state index contributed by atoms with van der Waals surface area (Å²) in [5.74, 6) is 0. The smallest absolute Gasteiger partial charge is 0.0878 e. The van der Waals surface area contributed by atoms with E-state index in [-0.39, 0.29) is 11.5 Å². The van der Waals surface area contributed by atoms with Crippen LogP contribution in [0.5, 0.6) is 0 Å². The summed E-state index contributed by atoms with van der Waals surface area (Å²) >= 11 is 0. The van der Waals surface area contributed by atoms with Crippen LogP contribution >= 0.6 is 0 Å². The van der Waals surface area contributed by atoms with E-state index in [0.717, 1.165) is 18.4 Å². The lowest BCUT2D eigenvalue weighted by molar-refractivity contribution is 0.0697. The second-order valence-electron chi connectivity index (χ2n) is 4.26. The molecule has 2 rings (SSSR count). The van der Waals surface area contributed by atoms with Crippen molar-refractivity contribution < 1.29 is 5.11 Å². The van der Waals surface area contributed by atoms with Gasteiger partial charge in [0, 0.05) is 5.41 Å². The Kier molecular flexibility index (Phi) is 2.42. The Labute approximate surface area is 85.1 Å². The maximum absolute atomic E-state index is 10.2. The molecule has 0 saturated heterocycles. The monoisotopic (exact) mass is 188 g/mol. The predicted molar refractivity (Wildman–Crippen MR) is 57.9 cm³/mol. The van der Waals surface area contributed by atoms with Crippen molar-refractivity contribution in [2.45, 2.75) is 25.9 Å². The van der Waals surface area contributed by atoms with Gasteiger partial charge in [0.05, 0.1) is 6.10 Å². The highest BCUT2D eigenvalue weighted by molar-refractivity contribution is 5.23. The minimum absolute atomic E-state index is 0.0681. The van der Waals surface area contributed by atoms with Crippen LogP contribution in [0.15, 0.2) is 42.5 Å². The third-order valence-electron chi connectivity index (χ3n) is 3.09. The van der Waals surface area contributed by atoms with Crippen LogP contribution in [0.25, 0.3) is 0 Å². The van der Waals surface area contributed by atoms with Crippen molar-refractivity contribution in [3.63, 3.8) is 0 Å². The van der Waals surface area contributed by atoms with E-state index < -0.39 is 0 Å². The van der Waals surface area contributed by atoms with Gasteiger partial charge in [-0.2, -0.15) is 0 Å². The molecule has 1 aliphatic carbocycles. The van der Waals surface area contributed by atoms with Crippen LogP contribution in [0.3, 0.4) is 0 Å². The zero-order chi connectivity index (χ0) is 10.0. The number of aliphatic hydroxyl groups is 1. The second kappa shape index (κ2) is 3.58. The van der Waals surface area contributed by atoms with Crippen LogP contribution in [-0.2, 0) is 0 Å². The number of benzene rings is 1. The van der Waals surface area contributed by atoms with Crippen LogP contribution in [0.1, 0.15) is 31.4 Å². The maximum atomic E-state index is 10.2. The molecule has 0 unspecified atom stereocenters. The van der Waals surface area contributed by atoms with Crippen LogP contribution < -0.4 is 0 Å². The van der Waals surface area contributed by atoms with Crippen molar-refractivity contribution in [1.29, 1.82) is 0 Å². The minimum Gasteiger partial charge on any atom is -0.388 e. The molecule has 0 heterocycles. The summed E-state index contributed by atoms with van der Waals surface area (Å²) in [7, 11) is 0. The van der Waals surface area contributed by atoms with Crippen LogP contribution in [-0.4, -0.2) is 5.11 Å². The van der Waals surface area contributed by atoms with E-state index in [4.69, 9.17) is 0 Å². The molecule has 1 nitrogen and oxygen atoms in total. The Morgan fingerprint density at radius 3 is 2.57 bits per heavy atom. The molecule has 1 N–H and O–H groups in total. The number of hydrogen-bond donors (Lipinski definition) is 1. The molecule has 0 saturated carbocycles. The van der Waals surface area contributed by atoms with Gasteiger partial charge in [0.1, 0.15) is 0 Å². The van der Waals surface area contributed by atoms with E-state index in [9.17, 15) is 5.11 Å². The summed E-state index contributed by atoms with van der Waals surface area (Å²) in [4.78, 5) is 0. The van der Waals surface area contributed by atoms with Crippen molar-refractivity contribution in [3.05, 3.63) is 48.0 Å². The van der Waals surface area contributed by atoms with E-state index in [1.165, 1.54) is 0 Å². The third kappa shape index (κ3) is 1.60. The molecule has 1 heteroatoms. The van der Waals surface area contributed by atoms with Gasteiger partial charge in [-0.15, -0.1) is 0 Å². The van der Waals surface area contributed by atoms with Gasteiger partial charge in [0.2, 0.25) is 0 Å². The molecule has 2 atom stereocenters. The molecule has 0 aromatic heterocycles. The van der Waals surface area contributed by atoms with Gasteiger partial charge in [-0.05, 0) is 18.4 Å². The first-order valence-corrected chi connectivity index (χ1v) is 5.13. The molecule has 1 aromatic rings. The fourth-order valence-electron chi connectivity index (χ4n) is 2.07. The van der Waals surface area contributed by atoms with Gasteiger partial charge in [-0.1, -0.05) is 49.4 Å². The summed E-state index contributed by atoms with van der Waals surface area (Å²) in [6.07, 6.45) is 6.06. The fraction of sp³-hybridized carbons (Fsp3) is 0.385. The number of hydrogen-bond acceptors (Lipinski definition) is 1. The molecule has 0 spiro atoms. The first kappa shape index (κ1) is 9.47. The molecular weight excluding hydrogens is 172 g/mol. The van der Waals surface area contributed by atoms with E-state index in [2.05, 4.69) is 19.1 Å². The highest BCUT2D eigenvalue weighted by atomic mass is 16.3. The summed E-state index contributed by atoms with van der Waals surface area (Å²) in [6.45, 7) is 2.12. The third-order valence-corrected chi connectivity index (χ3v) is 3.09. The average molecular weight is 188 g/mol. The Hall–Kier alpha value is -1.08. The van der Waals surface area contributed by atoms with Crippen LogP contribution in [0.2, 0.25) is 0 Å². The molecule has 0 amide bonds. The summed E-state index contributed by atoms with van der Waals surface area (Å²) in [5, 5.41) is 10.2. The molecule has 0 bridgehead atoms. The standard InChI is InChI=1S/C13H16O/c1-13(9-5-6-10-13)12(14)11-7-3-2-4-8-11/h2-5,7-9,12,14H,6,10H2,1H3/t12-,13+/m1/s1. The van der Waals surface area contributed by atoms with Gasteiger partial charge >= 0.3 is 0 Å². The Bertz CT molecular complexity index is 328. The molecule has 1 aromatic carbocycles. The largest absolute Gasteiger partial charge is 0.388 e. The average Bonchev–Trinajstić information content (AvgIpc) is 2.67. The van der Waals surface area contributed by atoms with Crippen molar-refractivity contribution in [1.82, 2.24) is 0 Å². The second-order valence-corrected chi connectivity index (χ2v) is 4.26. The van der Waals surface area contributed by atoms with Gasteiger partial charge < -0.3 is 5.11 Å². The van der Waals surface area contributed by atoms with Gasteiger partial charge in [0.15, 0.2) is 0 Å². The number of aliphatic hydroxyl groups excluding tert-OH is 1. The molecule has 74 valence electrons. The lowest BCUT2D eigenvalue weighted by Gasteiger charge is -2.28. The van der Waals surface area contributed by atoms with E-state index >= 15 is 0 Å². The minimum atomic E-state index is -0.373. The molecule has 1 aliphatic rings. The number of rotatable bonds is 2. The molecule has 0 fully saturated rings. The summed E-state index contributed by atoms with van der Waals surface area (Å²) in [6, 6.07) is 9.90. The zero-order valence-electron chi connectivity index (χ0n) is 8.48. The van der Waals surface area contributed by atoms with Crippen molar-refractivity contribution in [2.75, 3.05) is 0 Å². The molecule has 14 heavy (non-hydrogen) atoms. The first-order valence-electron chi connectivity index (χ1n) is 5.13. The van der Waals surface area contributed by atoms with E-state index in [1.807, 2.05) is 30.3 Å². The topological polar surface area (TPSA) is 20.2 Å². The van der Waals surface area contributed by atoms with E-state index in [0.29, 0.717) is 0 Å². The Morgan fingerprint density at radius 2 is 2.00 bits per heavy atom. The van der Waals surface area contributed by atoms with Crippen molar-refractivity contribution in [2.24, 2.45) is 5.41 Å². The number of allylic oxidation sites excluding steroid dienone is 1. The SMILES string of the molecule is C[C@]1([C@H](O)c2ccccc2)C=CCC1. The highest BCUT2D eigenvalue weighted by Gasteiger charge is 2.33.